The van der Waals surface area contributed by atoms with E-state index in [9.17, 15) is 5.11 Å². The SMILES string of the molecule is C/C=C\C(=CCCC)OC(CCCC(O)C/C(=C\C)CC(C)CC1CC=CCC1CC)C(C)/C=C/C1CCC=C(C)C1. The Labute approximate surface area is 261 Å². The van der Waals surface area contributed by atoms with Crippen LogP contribution in [0.3, 0.4) is 0 Å². The number of ether oxygens (including phenoxy) is 1. The number of aliphatic hydroxyl groups is 1. The monoisotopic (exact) mass is 579 g/mol. The molecule has 0 saturated carbocycles. The summed E-state index contributed by atoms with van der Waals surface area (Å²) in [5.74, 6) is 4.31. The molecule has 2 nitrogen and oxygen atoms in total. The van der Waals surface area contributed by atoms with E-state index in [2.05, 4.69) is 103 Å². The molecular weight excluding hydrogens is 512 g/mol. The smallest absolute Gasteiger partial charge is 0.115 e. The summed E-state index contributed by atoms with van der Waals surface area (Å²) in [4.78, 5) is 0. The van der Waals surface area contributed by atoms with Crippen molar-refractivity contribution in [1.82, 2.24) is 0 Å². The van der Waals surface area contributed by atoms with Crippen molar-refractivity contribution in [3.05, 3.63) is 71.6 Å². The maximum atomic E-state index is 11.1. The lowest BCUT2D eigenvalue weighted by Crippen LogP contribution is -2.21. The molecule has 238 valence electrons. The molecule has 2 aliphatic carbocycles. The maximum Gasteiger partial charge on any atom is 0.115 e. The fourth-order valence-corrected chi connectivity index (χ4v) is 7.02. The van der Waals surface area contributed by atoms with E-state index >= 15 is 0 Å². The first-order chi connectivity index (χ1) is 20.3. The molecule has 0 heterocycles. The standard InChI is InChI=1S/C40H66O2/c1-8-12-23-39(17-9-2)42-40(33(7)25-26-35-19-15-18-31(5)27-35)24-16-22-38(41)30-34(10-3)28-32(6)29-37-21-14-13-20-36(37)11-4/h9-10,13-14,17-18,23,25-26,32-33,35-38,40-41H,8,11-12,15-16,19-22,24,27-30H2,1-7H3/b17-9-,26-25+,34-10-,39-23?. The Bertz CT molecular complexity index is 916. The van der Waals surface area contributed by atoms with Crippen LogP contribution in [0.15, 0.2) is 71.6 Å². The topological polar surface area (TPSA) is 29.5 Å². The number of aliphatic hydroxyl groups excluding tert-OH is 1. The summed E-state index contributed by atoms with van der Waals surface area (Å²) in [6.07, 6.45) is 36.1. The first kappa shape index (κ1) is 36.4. The molecule has 7 unspecified atom stereocenters. The van der Waals surface area contributed by atoms with Crippen LogP contribution in [0.5, 0.6) is 0 Å². The van der Waals surface area contributed by atoms with E-state index in [1.54, 1.807) is 0 Å². The van der Waals surface area contributed by atoms with E-state index in [1.807, 2.05) is 0 Å². The van der Waals surface area contributed by atoms with Crippen molar-refractivity contribution in [2.24, 2.45) is 29.6 Å². The van der Waals surface area contributed by atoms with E-state index < -0.39 is 0 Å². The first-order valence-corrected chi connectivity index (χ1v) is 17.6. The Kier molecular flexibility index (Phi) is 18.2. The Morgan fingerprint density at radius 1 is 1.07 bits per heavy atom. The molecule has 0 amide bonds. The maximum absolute atomic E-state index is 11.1. The van der Waals surface area contributed by atoms with Crippen molar-refractivity contribution in [1.29, 1.82) is 0 Å². The molecule has 0 spiro atoms. The average molecular weight is 579 g/mol. The third-order valence-corrected chi connectivity index (χ3v) is 9.62. The molecular formula is C40H66O2. The van der Waals surface area contributed by atoms with Gasteiger partial charge >= 0.3 is 0 Å². The van der Waals surface area contributed by atoms with Crippen LogP contribution in [0, 0.1) is 29.6 Å². The van der Waals surface area contributed by atoms with Gasteiger partial charge in [0, 0.05) is 5.92 Å². The molecule has 0 fully saturated rings. The summed E-state index contributed by atoms with van der Waals surface area (Å²) in [6, 6.07) is 0. The van der Waals surface area contributed by atoms with Crippen LogP contribution in [-0.2, 0) is 4.74 Å². The molecule has 2 aliphatic rings. The van der Waals surface area contributed by atoms with Gasteiger partial charge < -0.3 is 9.84 Å². The average Bonchev–Trinajstić information content (AvgIpc) is 2.98. The molecule has 2 heteroatoms. The zero-order valence-electron chi connectivity index (χ0n) is 28.5. The van der Waals surface area contributed by atoms with E-state index in [0.29, 0.717) is 17.8 Å². The molecule has 1 N–H and O–H groups in total. The van der Waals surface area contributed by atoms with Crippen molar-refractivity contribution < 1.29 is 9.84 Å². The molecule has 7 atom stereocenters. The summed E-state index contributed by atoms with van der Waals surface area (Å²) >= 11 is 0. The van der Waals surface area contributed by atoms with Crippen LogP contribution in [0.1, 0.15) is 138 Å². The van der Waals surface area contributed by atoms with E-state index in [4.69, 9.17) is 4.74 Å². The highest BCUT2D eigenvalue weighted by molar-refractivity contribution is 5.13. The van der Waals surface area contributed by atoms with Gasteiger partial charge in [-0.25, -0.2) is 0 Å². The fourth-order valence-electron chi connectivity index (χ4n) is 7.02. The molecule has 0 aromatic carbocycles. The van der Waals surface area contributed by atoms with E-state index in [1.165, 1.54) is 56.1 Å². The van der Waals surface area contributed by atoms with Gasteiger partial charge in [-0.05, 0) is 134 Å². The van der Waals surface area contributed by atoms with Crippen LogP contribution < -0.4 is 0 Å². The van der Waals surface area contributed by atoms with Gasteiger partial charge in [0.25, 0.3) is 0 Å². The van der Waals surface area contributed by atoms with E-state index in [0.717, 1.165) is 62.5 Å². The first-order valence-electron chi connectivity index (χ1n) is 17.6. The van der Waals surface area contributed by atoms with Crippen LogP contribution >= 0.6 is 0 Å². The highest BCUT2D eigenvalue weighted by atomic mass is 16.5. The summed E-state index contributed by atoms with van der Waals surface area (Å²) < 4.78 is 6.66. The third-order valence-electron chi connectivity index (χ3n) is 9.62. The summed E-state index contributed by atoms with van der Waals surface area (Å²) in [5, 5.41) is 11.1. The lowest BCUT2D eigenvalue weighted by atomic mass is 9.75. The Balaban J connectivity index is 1.93. The van der Waals surface area contributed by atoms with Gasteiger partial charge in [0.2, 0.25) is 0 Å². The Hall–Kier alpha value is -1.80. The van der Waals surface area contributed by atoms with Crippen LogP contribution in [0.4, 0.5) is 0 Å². The molecule has 0 aromatic heterocycles. The molecule has 42 heavy (non-hydrogen) atoms. The van der Waals surface area contributed by atoms with Crippen LogP contribution in [0.25, 0.3) is 0 Å². The Morgan fingerprint density at radius 2 is 1.83 bits per heavy atom. The third kappa shape index (κ3) is 14.1. The summed E-state index contributed by atoms with van der Waals surface area (Å²) in [7, 11) is 0. The normalized spacial score (nSPS) is 25.0. The fraction of sp³-hybridized carbons (Fsp3) is 0.700. The van der Waals surface area contributed by atoms with Gasteiger partial charge in [-0.3, -0.25) is 0 Å². The highest BCUT2D eigenvalue weighted by Crippen LogP contribution is 2.35. The predicted octanol–water partition coefficient (Wildman–Crippen LogP) is 11.8. The molecule has 0 bridgehead atoms. The van der Waals surface area contributed by atoms with Crippen molar-refractivity contribution in [3.8, 4) is 0 Å². The van der Waals surface area contributed by atoms with E-state index in [-0.39, 0.29) is 12.2 Å². The van der Waals surface area contributed by atoms with Gasteiger partial charge in [-0.2, -0.15) is 0 Å². The lowest BCUT2D eigenvalue weighted by Gasteiger charge is -2.30. The zero-order valence-corrected chi connectivity index (χ0v) is 28.5. The van der Waals surface area contributed by atoms with Crippen molar-refractivity contribution in [2.45, 2.75) is 151 Å². The largest absolute Gasteiger partial charge is 0.490 e. The second-order valence-electron chi connectivity index (χ2n) is 13.5. The van der Waals surface area contributed by atoms with Crippen molar-refractivity contribution >= 4 is 0 Å². The number of rotatable bonds is 19. The van der Waals surface area contributed by atoms with Crippen molar-refractivity contribution in [2.75, 3.05) is 0 Å². The quantitative estimate of drug-likeness (QED) is 0.0938. The number of hydrogen-bond acceptors (Lipinski definition) is 2. The predicted molar refractivity (Wildman–Crippen MR) is 184 cm³/mol. The zero-order chi connectivity index (χ0) is 30.7. The number of unbranched alkanes of at least 4 members (excludes halogenated alkanes) is 1. The molecule has 0 radical (unpaired) electrons. The molecule has 0 aromatic rings. The molecule has 0 saturated heterocycles. The summed E-state index contributed by atoms with van der Waals surface area (Å²) in [5.41, 5.74) is 2.95. The van der Waals surface area contributed by atoms with Gasteiger partial charge in [0.1, 0.15) is 11.9 Å². The summed E-state index contributed by atoms with van der Waals surface area (Å²) in [6.45, 7) is 15.8. The van der Waals surface area contributed by atoms with Crippen LogP contribution in [-0.4, -0.2) is 17.3 Å². The lowest BCUT2D eigenvalue weighted by molar-refractivity contribution is 0.0772. The minimum atomic E-state index is -0.279. The molecule has 2 rings (SSSR count). The van der Waals surface area contributed by atoms with Gasteiger partial charge in [0.15, 0.2) is 0 Å². The molecule has 0 aliphatic heterocycles. The number of hydrogen-bond donors (Lipinski definition) is 1. The van der Waals surface area contributed by atoms with Gasteiger partial charge in [-0.1, -0.05) is 94.2 Å². The second kappa shape index (κ2) is 21.0. The minimum absolute atomic E-state index is 0.116. The second-order valence-corrected chi connectivity index (χ2v) is 13.5. The minimum Gasteiger partial charge on any atom is -0.490 e. The Morgan fingerprint density at radius 3 is 2.50 bits per heavy atom. The van der Waals surface area contributed by atoms with Crippen LogP contribution in [0.2, 0.25) is 0 Å². The van der Waals surface area contributed by atoms with Gasteiger partial charge in [0.05, 0.1) is 6.10 Å². The van der Waals surface area contributed by atoms with Gasteiger partial charge in [-0.15, -0.1) is 0 Å². The highest BCUT2D eigenvalue weighted by Gasteiger charge is 2.24. The number of allylic oxidation sites excluding steroid dienone is 9. The van der Waals surface area contributed by atoms with Crippen molar-refractivity contribution in [3.63, 3.8) is 0 Å².